The minimum atomic E-state index is -0.416. The lowest BCUT2D eigenvalue weighted by Crippen LogP contribution is -2.19. The molecule has 4 aromatic rings. The number of urea groups is 1. The topological polar surface area (TPSA) is 132 Å². The molecule has 0 aliphatic carbocycles. The molecule has 0 atom stereocenters. The van der Waals surface area contributed by atoms with Gasteiger partial charge in [0.1, 0.15) is 23.6 Å². The van der Waals surface area contributed by atoms with E-state index < -0.39 is 6.03 Å². The molecule has 2 aromatic heterocycles. The Bertz CT molecular complexity index is 1360. The number of carbonyl (C=O) groups is 1. The smallest absolute Gasteiger partial charge is 0.323 e. The van der Waals surface area contributed by atoms with Crippen molar-refractivity contribution in [1.29, 1.82) is 0 Å². The maximum Gasteiger partial charge on any atom is 0.323 e. The van der Waals surface area contributed by atoms with Crippen molar-refractivity contribution in [3.8, 4) is 34.5 Å². The molecule has 0 radical (unpaired) electrons. The number of anilines is 3. The fraction of sp³-hybridized carbons (Fsp3) is 0.160. The van der Waals surface area contributed by atoms with Crippen molar-refractivity contribution >= 4 is 23.4 Å². The van der Waals surface area contributed by atoms with Crippen LogP contribution in [0.4, 0.5) is 22.1 Å². The van der Waals surface area contributed by atoms with Crippen molar-refractivity contribution in [2.75, 3.05) is 37.2 Å². The van der Waals surface area contributed by atoms with E-state index in [0.717, 1.165) is 5.56 Å². The second-order valence-electron chi connectivity index (χ2n) is 7.50. The summed E-state index contributed by atoms with van der Waals surface area (Å²) >= 11 is 0. The minimum absolute atomic E-state index is 0.347. The van der Waals surface area contributed by atoms with Crippen LogP contribution >= 0.6 is 0 Å². The van der Waals surface area contributed by atoms with Gasteiger partial charge in [-0.2, -0.15) is 4.98 Å². The molecule has 11 nitrogen and oxygen atoms in total. The molecule has 0 unspecified atom stereocenters. The standard InChI is InChI=1S/C25H25N7O4/c1-15-10-16(30-25(33)31-17-11-18(34-3)13-19(12-17)35-4)7-8-21(15)36-23-20(6-5-9-27-23)22-28-14-29-24(26-2)32-22/h5-14H,1-4H3,(H2,30,31,33)(H,26,28,29,32). The van der Waals surface area contributed by atoms with E-state index in [1.807, 2.05) is 13.0 Å². The molecule has 11 heteroatoms. The van der Waals surface area contributed by atoms with Gasteiger partial charge in [-0.3, -0.25) is 0 Å². The molecule has 184 valence electrons. The Kier molecular flexibility index (Phi) is 7.39. The highest BCUT2D eigenvalue weighted by atomic mass is 16.5. The highest BCUT2D eigenvalue weighted by molar-refractivity contribution is 6.00. The summed E-state index contributed by atoms with van der Waals surface area (Å²) in [6, 6.07) is 13.6. The van der Waals surface area contributed by atoms with Crippen LogP contribution in [-0.4, -0.2) is 47.2 Å². The van der Waals surface area contributed by atoms with Gasteiger partial charge in [0.15, 0.2) is 5.82 Å². The molecule has 2 amide bonds. The third kappa shape index (κ3) is 5.76. The number of carbonyl (C=O) groups excluding carboxylic acids is 1. The van der Waals surface area contributed by atoms with E-state index in [1.165, 1.54) is 6.33 Å². The zero-order valence-corrected chi connectivity index (χ0v) is 20.2. The van der Waals surface area contributed by atoms with E-state index >= 15 is 0 Å². The normalized spacial score (nSPS) is 10.3. The van der Waals surface area contributed by atoms with Crippen LogP contribution in [0.1, 0.15) is 5.56 Å². The summed E-state index contributed by atoms with van der Waals surface area (Å²) in [6.07, 6.45) is 3.05. The highest BCUT2D eigenvalue weighted by Gasteiger charge is 2.14. The van der Waals surface area contributed by atoms with Crippen LogP contribution < -0.4 is 30.2 Å². The van der Waals surface area contributed by atoms with Crippen LogP contribution in [0.25, 0.3) is 11.4 Å². The number of methoxy groups -OCH3 is 2. The zero-order chi connectivity index (χ0) is 25.5. The predicted octanol–water partition coefficient (Wildman–Crippen LogP) is 4.74. The van der Waals surface area contributed by atoms with Crippen molar-refractivity contribution in [3.05, 3.63) is 66.6 Å². The molecule has 0 aliphatic heterocycles. The van der Waals surface area contributed by atoms with Crippen LogP contribution in [0.2, 0.25) is 0 Å². The Hall–Kier alpha value is -4.93. The molecule has 2 heterocycles. The number of nitrogens with one attached hydrogen (secondary N) is 3. The first kappa shape index (κ1) is 24.2. The quantitative estimate of drug-likeness (QED) is 0.322. The average Bonchev–Trinajstić information content (AvgIpc) is 2.90. The Balaban J connectivity index is 1.48. The molecule has 0 saturated carbocycles. The van der Waals surface area contributed by atoms with Gasteiger partial charge in [-0.15, -0.1) is 0 Å². The van der Waals surface area contributed by atoms with Crippen LogP contribution in [-0.2, 0) is 0 Å². The van der Waals surface area contributed by atoms with Gasteiger partial charge in [0.25, 0.3) is 0 Å². The molecule has 3 N–H and O–H groups in total. The number of aryl methyl sites for hydroxylation is 1. The van der Waals surface area contributed by atoms with Gasteiger partial charge in [0.2, 0.25) is 11.8 Å². The molecule has 0 saturated heterocycles. The lowest BCUT2D eigenvalue weighted by molar-refractivity contribution is 0.262. The number of hydrogen-bond acceptors (Lipinski definition) is 9. The Labute approximate surface area is 207 Å². The van der Waals surface area contributed by atoms with Crippen molar-refractivity contribution in [1.82, 2.24) is 19.9 Å². The fourth-order valence-corrected chi connectivity index (χ4v) is 3.31. The summed E-state index contributed by atoms with van der Waals surface area (Å²) in [4.78, 5) is 29.5. The largest absolute Gasteiger partial charge is 0.497 e. The van der Waals surface area contributed by atoms with Crippen LogP contribution in [0, 0.1) is 6.92 Å². The second kappa shape index (κ2) is 11.0. The second-order valence-corrected chi connectivity index (χ2v) is 7.50. The minimum Gasteiger partial charge on any atom is -0.497 e. The SMILES string of the molecule is CNc1ncnc(-c2cccnc2Oc2ccc(NC(=O)Nc3cc(OC)cc(OC)c3)cc2C)n1. The number of benzene rings is 2. The van der Waals surface area contributed by atoms with Crippen molar-refractivity contribution in [2.45, 2.75) is 6.92 Å². The predicted molar refractivity (Wildman–Crippen MR) is 136 cm³/mol. The van der Waals surface area contributed by atoms with Gasteiger partial charge >= 0.3 is 6.03 Å². The van der Waals surface area contributed by atoms with E-state index in [1.54, 1.807) is 69.9 Å². The fourth-order valence-electron chi connectivity index (χ4n) is 3.31. The lowest BCUT2D eigenvalue weighted by Gasteiger charge is -2.14. The summed E-state index contributed by atoms with van der Waals surface area (Å²) in [5.74, 6) is 2.91. The number of aromatic nitrogens is 4. The van der Waals surface area contributed by atoms with Crippen molar-refractivity contribution < 1.29 is 19.0 Å². The van der Waals surface area contributed by atoms with Crippen LogP contribution in [0.3, 0.4) is 0 Å². The molecule has 0 bridgehead atoms. The first-order valence-corrected chi connectivity index (χ1v) is 10.9. The molecule has 2 aromatic carbocycles. The first-order valence-electron chi connectivity index (χ1n) is 10.9. The van der Waals surface area contributed by atoms with E-state index in [4.69, 9.17) is 14.2 Å². The third-order valence-corrected chi connectivity index (χ3v) is 5.06. The van der Waals surface area contributed by atoms with Crippen LogP contribution in [0.5, 0.6) is 23.1 Å². The summed E-state index contributed by atoms with van der Waals surface area (Å²) in [5.41, 5.74) is 2.53. The van der Waals surface area contributed by atoms with E-state index in [2.05, 4.69) is 35.9 Å². The Morgan fingerprint density at radius 2 is 1.64 bits per heavy atom. The van der Waals surface area contributed by atoms with Crippen LogP contribution in [0.15, 0.2) is 61.1 Å². The summed E-state index contributed by atoms with van der Waals surface area (Å²) in [7, 11) is 4.82. The third-order valence-electron chi connectivity index (χ3n) is 5.06. The van der Waals surface area contributed by atoms with E-state index in [0.29, 0.717) is 51.8 Å². The van der Waals surface area contributed by atoms with Gasteiger partial charge in [0, 0.05) is 42.8 Å². The number of hydrogen-bond donors (Lipinski definition) is 3. The van der Waals surface area contributed by atoms with E-state index in [-0.39, 0.29) is 0 Å². The molecular formula is C25H25N7O4. The van der Waals surface area contributed by atoms with Gasteiger partial charge in [-0.25, -0.2) is 19.7 Å². The summed E-state index contributed by atoms with van der Waals surface area (Å²) in [6.45, 7) is 1.87. The number of nitrogens with zero attached hydrogens (tertiary/aromatic N) is 4. The van der Waals surface area contributed by atoms with Gasteiger partial charge in [-0.05, 0) is 42.8 Å². The summed E-state index contributed by atoms with van der Waals surface area (Å²) < 4.78 is 16.6. The first-order chi connectivity index (χ1) is 17.5. The van der Waals surface area contributed by atoms with E-state index in [9.17, 15) is 4.79 Å². The monoisotopic (exact) mass is 487 g/mol. The number of rotatable bonds is 8. The summed E-state index contributed by atoms with van der Waals surface area (Å²) in [5, 5.41) is 8.47. The van der Waals surface area contributed by atoms with Gasteiger partial charge in [-0.1, -0.05) is 0 Å². The van der Waals surface area contributed by atoms with Crippen molar-refractivity contribution in [3.63, 3.8) is 0 Å². The zero-order valence-electron chi connectivity index (χ0n) is 20.2. The Morgan fingerprint density at radius 1 is 0.889 bits per heavy atom. The average molecular weight is 488 g/mol. The molecule has 0 spiro atoms. The van der Waals surface area contributed by atoms with Gasteiger partial charge in [0.05, 0.1) is 19.8 Å². The highest BCUT2D eigenvalue weighted by Crippen LogP contribution is 2.32. The molecule has 4 rings (SSSR count). The number of amides is 2. The van der Waals surface area contributed by atoms with Crippen molar-refractivity contribution in [2.24, 2.45) is 0 Å². The Morgan fingerprint density at radius 3 is 2.33 bits per heavy atom. The molecule has 0 aliphatic rings. The maximum atomic E-state index is 12.6. The molecular weight excluding hydrogens is 462 g/mol. The lowest BCUT2D eigenvalue weighted by atomic mass is 10.2. The maximum absolute atomic E-state index is 12.6. The number of ether oxygens (including phenoxy) is 3. The number of pyridine rings is 1. The van der Waals surface area contributed by atoms with Gasteiger partial charge < -0.3 is 30.2 Å². The molecule has 0 fully saturated rings. The molecule has 36 heavy (non-hydrogen) atoms.